The fourth-order valence-electron chi connectivity index (χ4n) is 2.52. The minimum Gasteiger partial charge on any atom is -0.317 e. The average molecular weight is 264 g/mol. The van der Waals surface area contributed by atoms with Crippen molar-refractivity contribution in [3.05, 3.63) is 0 Å². The van der Waals surface area contributed by atoms with Crippen LogP contribution in [0.5, 0.6) is 0 Å². The molecule has 16 heavy (non-hydrogen) atoms. The van der Waals surface area contributed by atoms with Crippen LogP contribution < -0.4 is 5.32 Å². The molecule has 0 spiro atoms. The molecule has 0 amide bonds. The summed E-state index contributed by atoms with van der Waals surface area (Å²) in [6.45, 7) is 2.96. The van der Waals surface area contributed by atoms with Gasteiger partial charge >= 0.3 is 0 Å². The van der Waals surface area contributed by atoms with Crippen LogP contribution in [0.2, 0.25) is 0 Å². The summed E-state index contributed by atoms with van der Waals surface area (Å²) in [5, 5.41) is 3.07. The number of nitrogens with zero attached hydrogens (tertiary/aromatic N) is 1. The largest absolute Gasteiger partial charge is 0.317 e. The van der Waals surface area contributed by atoms with Gasteiger partial charge < -0.3 is 5.32 Å². The first-order chi connectivity index (χ1) is 7.59. The lowest BCUT2D eigenvalue weighted by molar-refractivity contribution is 0.158. The number of piperidine rings is 1. The minimum atomic E-state index is -2.94. The van der Waals surface area contributed by atoms with E-state index < -0.39 is 9.84 Å². The summed E-state index contributed by atoms with van der Waals surface area (Å²) in [4.78, 5) is 2.23. The van der Waals surface area contributed by atoms with Gasteiger partial charge in [-0.05, 0) is 25.9 Å². The summed E-state index contributed by atoms with van der Waals surface area (Å²) < 4.78 is 23.5. The maximum Gasteiger partial charge on any atom is 0.164 e. The first-order valence-electron chi connectivity index (χ1n) is 5.82. The van der Waals surface area contributed by atoms with Gasteiger partial charge in [0.05, 0.1) is 0 Å². The number of hydrogen-bond donors (Lipinski definition) is 1. The predicted molar refractivity (Wildman–Crippen MR) is 68.6 cm³/mol. The van der Waals surface area contributed by atoms with E-state index in [1.807, 2.05) is 0 Å². The minimum absolute atomic E-state index is 0.255. The van der Waals surface area contributed by atoms with E-state index in [1.165, 1.54) is 6.26 Å². The zero-order chi connectivity index (χ0) is 11.6. The third-order valence-electron chi connectivity index (χ3n) is 3.40. The number of sulfone groups is 1. The second-order valence-corrected chi connectivity index (χ2v) is 7.93. The van der Waals surface area contributed by atoms with Crippen LogP contribution in [0.1, 0.15) is 12.8 Å². The summed E-state index contributed by atoms with van der Waals surface area (Å²) in [7, 11) is -2.94. The van der Waals surface area contributed by atoms with Crippen molar-refractivity contribution in [3.8, 4) is 0 Å². The van der Waals surface area contributed by atoms with E-state index in [2.05, 4.69) is 10.2 Å². The molecule has 0 radical (unpaired) electrons. The molecule has 0 aromatic rings. The third-order valence-corrected chi connectivity index (χ3v) is 6.06. The highest BCUT2D eigenvalue weighted by atomic mass is 32.2. The van der Waals surface area contributed by atoms with E-state index in [-0.39, 0.29) is 5.37 Å². The molecule has 2 rings (SSSR count). The van der Waals surface area contributed by atoms with E-state index >= 15 is 0 Å². The monoisotopic (exact) mass is 264 g/mol. The molecule has 2 aliphatic rings. The van der Waals surface area contributed by atoms with E-state index in [4.69, 9.17) is 0 Å². The molecule has 94 valence electrons. The van der Waals surface area contributed by atoms with Crippen molar-refractivity contribution in [3.63, 3.8) is 0 Å². The van der Waals surface area contributed by atoms with Gasteiger partial charge in [-0.15, -0.1) is 0 Å². The second kappa shape index (κ2) is 5.25. The fourth-order valence-corrected chi connectivity index (χ4v) is 5.47. The van der Waals surface area contributed by atoms with Crippen LogP contribution in [0.15, 0.2) is 0 Å². The van der Waals surface area contributed by atoms with Gasteiger partial charge in [0.25, 0.3) is 0 Å². The molecule has 0 aromatic carbocycles. The van der Waals surface area contributed by atoms with Gasteiger partial charge in [-0.2, -0.15) is 11.8 Å². The summed E-state index contributed by atoms with van der Waals surface area (Å²) in [6.07, 6.45) is 3.53. The highest BCUT2D eigenvalue weighted by molar-refractivity contribution is 8.00. The standard InChI is InChI=1S/C10H20N2O2S2/c1-16(13,14)10-8-15-7-6-12(10)9-2-4-11-5-3-9/h9-11H,2-8H2,1H3. The Morgan fingerprint density at radius 1 is 1.31 bits per heavy atom. The summed E-state index contributed by atoms with van der Waals surface area (Å²) in [5.74, 6) is 1.80. The van der Waals surface area contributed by atoms with Gasteiger partial charge in [-0.25, -0.2) is 8.42 Å². The van der Waals surface area contributed by atoms with Gasteiger partial charge in [0.15, 0.2) is 9.84 Å². The third kappa shape index (κ3) is 2.91. The fraction of sp³-hybridized carbons (Fsp3) is 1.00. The SMILES string of the molecule is CS(=O)(=O)C1CSCCN1C1CCNCC1. The molecule has 1 unspecified atom stereocenters. The van der Waals surface area contributed by atoms with E-state index in [9.17, 15) is 8.42 Å². The summed E-state index contributed by atoms with van der Waals surface area (Å²) in [5.41, 5.74) is 0. The normalized spacial score (nSPS) is 30.4. The number of hydrogen-bond acceptors (Lipinski definition) is 5. The lowest BCUT2D eigenvalue weighted by Crippen LogP contribution is -2.54. The molecule has 2 fully saturated rings. The maximum atomic E-state index is 11.8. The van der Waals surface area contributed by atoms with Gasteiger partial charge in [0.2, 0.25) is 0 Å². The molecular weight excluding hydrogens is 244 g/mol. The highest BCUT2D eigenvalue weighted by Crippen LogP contribution is 2.25. The smallest absolute Gasteiger partial charge is 0.164 e. The van der Waals surface area contributed by atoms with Crippen molar-refractivity contribution in [1.29, 1.82) is 0 Å². The molecule has 2 aliphatic heterocycles. The molecular formula is C10H20N2O2S2. The topological polar surface area (TPSA) is 49.4 Å². The van der Waals surface area contributed by atoms with Crippen LogP contribution in [-0.4, -0.2) is 62.1 Å². The van der Waals surface area contributed by atoms with Crippen LogP contribution in [-0.2, 0) is 9.84 Å². The molecule has 0 aliphatic carbocycles. The molecule has 6 heteroatoms. The van der Waals surface area contributed by atoms with Gasteiger partial charge in [0.1, 0.15) is 5.37 Å². The Kier molecular flexibility index (Phi) is 4.15. The second-order valence-electron chi connectivity index (χ2n) is 4.58. The van der Waals surface area contributed by atoms with Crippen LogP contribution in [0.25, 0.3) is 0 Å². The quantitative estimate of drug-likeness (QED) is 0.770. The van der Waals surface area contributed by atoms with E-state index in [1.54, 1.807) is 11.8 Å². The zero-order valence-electron chi connectivity index (χ0n) is 9.68. The molecule has 1 atom stereocenters. The predicted octanol–water partition coefficient (Wildman–Crippen LogP) is 0.158. The first-order valence-corrected chi connectivity index (χ1v) is 8.93. The Labute approximate surface area is 102 Å². The summed E-state index contributed by atoms with van der Waals surface area (Å²) >= 11 is 1.76. The molecule has 0 aromatic heterocycles. The Balaban J connectivity index is 2.09. The zero-order valence-corrected chi connectivity index (χ0v) is 11.3. The van der Waals surface area contributed by atoms with Gasteiger partial charge in [-0.3, -0.25) is 4.90 Å². The van der Waals surface area contributed by atoms with E-state index in [0.717, 1.165) is 44.0 Å². The van der Waals surface area contributed by atoms with Crippen molar-refractivity contribution in [1.82, 2.24) is 10.2 Å². The Hall–Kier alpha value is 0.220. The molecule has 2 saturated heterocycles. The lowest BCUT2D eigenvalue weighted by atomic mass is 10.0. The molecule has 0 saturated carbocycles. The van der Waals surface area contributed by atoms with Crippen molar-refractivity contribution in [2.75, 3.05) is 37.4 Å². The first kappa shape index (κ1) is 12.7. The Morgan fingerprint density at radius 2 is 2.00 bits per heavy atom. The molecule has 0 bridgehead atoms. The van der Waals surface area contributed by atoms with Gasteiger partial charge in [-0.1, -0.05) is 0 Å². The molecule has 1 N–H and O–H groups in total. The van der Waals surface area contributed by atoms with Gasteiger partial charge in [0, 0.05) is 30.3 Å². The number of rotatable bonds is 2. The van der Waals surface area contributed by atoms with Crippen molar-refractivity contribution >= 4 is 21.6 Å². The number of thioether (sulfide) groups is 1. The average Bonchev–Trinajstić information content (AvgIpc) is 2.29. The Morgan fingerprint density at radius 3 is 2.62 bits per heavy atom. The Bertz CT molecular complexity index is 326. The van der Waals surface area contributed by atoms with Crippen molar-refractivity contribution < 1.29 is 8.42 Å². The van der Waals surface area contributed by atoms with Crippen LogP contribution in [0, 0.1) is 0 Å². The molecule has 2 heterocycles. The van der Waals surface area contributed by atoms with E-state index in [0.29, 0.717) is 6.04 Å². The number of nitrogens with one attached hydrogen (secondary N) is 1. The van der Waals surface area contributed by atoms with Crippen LogP contribution >= 0.6 is 11.8 Å². The van der Waals surface area contributed by atoms with Crippen molar-refractivity contribution in [2.45, 2.75) is 24.3 Å². The van der Waals surface area contributed by atoms with Crippen LogP contribution in [0.4, 0.5) is 0 Å². The van der Waals surface area contributed by atoms with Crippen molar-refractivity contribution in [2.24, 2.45) is 0 Å². The lowest BCUT2D eigenvalue weighted by Gasteiger charge is -2.41. The maximum absolute atomic E-state index is 11.8. The van der Waals surface area contributed by atoms with Crippen LogP contribution in [0.3, 0.4) is 0 Å². The summed E-state index contributed by atoms with van der Waals surface area (Å²) in [6, 6.07) is 0.460. The molecule has 4 nitrogen and oxygen atoms in total. The highest BCUT2D eigenvalue weighted by Gasteiger charge is 2.35.